The maximum absolute atomic E-state index is 14.8. The van der Waals surface area contributed by atoms with Crippen molar-refractivity contribution in [3.63, 3.8) is 0 Å². The second kappa shape index (κ2) is 24.8. The first kappa shape index (κ1) is 62.9. The van der Waals surface area contributed by atoms with Crippen molar-refractivity contribution in [3.8, 4) is 5.75 Å². The minimum absolute atomic E-state index is 0.0301. The van der Waals surface area contributed by atoms with Crippen LogP contribution >= 0.6 is 23.4 Å². The average Bonchev–Trinajstić information content (AvgIpc) is 1.50. The van der Waals surface area contributed by atoms with Crippen LogP contribution in [0, 0.1) is 5.41 Å². The smallest absolute Gasteiger partial charge is 0.417 e. The van der Waals surface area contributed by atoms with Gasteiger partial charge >= 0.3 is 18.2 Å². The fourth-order valence-electron chi connectivity index (χ4n) is 10.9. The van der Waals surface area contributed by atoms with Crippen LogP contribution in [0.1, 0.15) is 99.7 Å². The lowest BCUT2D eigenvalue weighted by molar-refractivity contribution is -0.151. The number of hydrogen-bond acceptors (Lipinski definition) is 16. The molecule has 84 heavy (non-hydrogen) atoms. The lowest BCUT2D eigenvalue weighted by Gasteiger charge is -2.36. The summed E-state index contributed by atoms with van der Waals surface area (Å²) in [5.41, 5.74) is -1.41. The lowest BCUT2D eigenvalue weighted by Crippen LogP contribution is -2.54. The highest BCUT2D eigenvalue weighted by atomic mass is 35.5. The number of anilines is 2. The van der Waals surface area contributed by atoms with Crippen LogP contribution in [-0.2, 0) is 65.6 Å². The number of unbranched alkanes of at least 4 members (excludes halogenated alkanes) is 2. The Bertz CT molecular complexity index is 3410. The Hall–Kier alpha value is -7.10. The molecule has 4 heterocycles. The van der Waals surface area contributed by atoms with Crippen LogP contribution in [0.2, 0.25) is 5.02 Å². The summed E-state index contributed by atoms with van der Waals surface area (Å²) in [7, 11) is -0.651. The number of carbonyl (C=O) groups excluding carboxylic acids is 7. The van der Waals surface area contributed by atoms with E-state index in [0.717, 1.165) is 40.3 Å². The number of amides is 6. The average molecular weight is 1230 g/mol. The summed E-state index contributed by atoms with van der Waals surface area (Å²) in [4.78, 5) is 92.1. The molecule has 3 fully saturated rings. The van der Waals surface area contributed by atoms with Crippen molar-refractivity contribution < 1.29 is 83.4 Å². The number of methoxy groups -OCH3 is 2. The molecule has 2 saturated heterocycles. The molecule has 450 valence electrons. The number of nitrogens with one attached hydrogen (secondary N) is 3. The molecule has 1 aliphatic carbocycles. The van der Waals surface area contributed by atoms with Gasteiger partial charge in [-0.25, -0.2) is 10.2 Å². The van der Waals surface area contributed by atoms with Crippen LogP contribution in [0.15, 0.2) is 99.4 Å². The summed E-state index contributed by atoms with van der Waals surface area (Å²) < 4.78 is 109. The number of halogens is 4. The summed E-state index contributed by atoms with van der Waals surface area (Å²) in [5, 5.41) is 9.36. The zero-order valence-electron chi connectivity index (χ0n) is 46.7. The van der Waals surface area contributed by atoms with E-state index in [-0.39, 0.29) is 40.6 Å². The number of alkyl carbamates (subject to hydrolysis) is 1. The summed E-state index contributed by atoms with van der Waals surface area (Å²) in [6.45, 7) is 6.88. The Morgan fingerprint density at radius 2 is 1.74 bits per heavy atom. The SMILES string of the molecule is COc1cc2cc(c1Cl)N(C)C(=O)C[C@H](OC(=O)CSc1ccc(/C(C)=N/NC(=O)c3ccc(NC(=O)CCCCCN4C(=O)C=CC4=O)cc3S(=O)(=O)O)cc1C(F)(F)F)[C@]1(C)O[C@H]1C1(C)CC13CC(NC(=O)O3)[C@H](OC)/C=C/C=C(\C)C2. The number of thioether (sulfide) groups is 1. The van der Waals surface area contributed by atoms with Crippen LogP contribution < -0.4 is 25.7 Å². The number of epoxide rings is 1. The van der Waals surface area contributed by atoms with Crippen molar-refractivity contribution in [2.24, 2.45) is 10.5 Å². The van der Waals surface area contributed by atoms with Crippen molar-refractivity contribution in [1.29, 1.82) is 0 Å². The van der Waals surface area contributed by atoms with Gasteiger partial charge in [0.1, 0.15) is 39.1 Å². The maximum atomic E-state index is 14.8. The number of carbonyl (C=O) groups is 7. The molecule has 8 rings (SSSR count). The van der Waals surface area contributed by atoms with Crippen molar-refractivity contribution in [2.45, 2.75) is 131 Å². The highest BCUT2D eigenvalue weighted by Gasteiger charge is 2.82. The fourth-order valence-corrected chi connectivity index (χ4v) is 12.7. The van der Waals surface area contributed by atoms with E-state index in [0.29, 0.717) is 56.0 Å². The highest BCUT2D eigenvalue weighted by molar-refractivity contribution is 8.00. The lowest BCUT2D eigenvalue weighted by atomic mass is 9.84. The largest absolute Gasteiger partial charge is 0.495 e. The van der Waals surface area contributed by atoms with Gasteiger partial charge in [-0.15, -0.1) is 11.8 Å². The van der Waals surface area contributed by atoms with Gasteiger partial charge in [0, 0.05) is 61.7 Å². The number of allylic oxidation sites excluding steroid dienone is 3. The van der Waals surface area contributed by atoms with Gasteiger partial charge in [-0.3, -0.25) is 38.2 Å². The quantitative estimate of drug-likeness (QED) is 0.0145. The second-order valence-electron chi connectivity index (χ2n) is 21.5. The van der Waals surface area contributed by atoms with Crippen molar-refractivity contribution in [3.05, 3.63) is 112 Å². The van der Waals surface area contributed by atoms with E-state index >= 15 is 0 Å². The molecule has 3 aromatic carbocycles. The Kier molecular flexibility index (Phi) is 18.6. The first-order valence-electron chi connectivity index (χ1n) is 26.5. The topological polar surface area (TPSA) is 278 Å². The van der Waals surface area contributed by atoms with Crippen LogP contribution in [0.4, 0.5) is 29.3 Å². The third kappa shape index (κ3) is 13.8. The summed E-state index contributed by atoms with van der Waals surface area (Å²) in [6, 6.07) is 9.05. The molecule has 6 amide bonds. The number of hydrogen-bond donors (Lipinski definition) is 4. The summed E-state index contributed by atoms with van der Waals surface area (Å²) in [5.74, 6) is -4.52. The molecule has 0 radical (unpaired) electrons. The number of esters is 1. The molecule has 27 heteroatoms. The van der Waals surface area contributed by atoms with Crippen molar-refractivity contribution in [1.82, 2.24) is 15.6 Å². The standard InChI is InChI=1S/C57H62ClF3N6O15S2/c1-31-12-11-13-40(78-6)38-28-56(82-53(74)63-38)30-54(56,3)52-55(4,81-52)44(27-48(71)66(5)39-23-33(22-31)24-41(79-7)50(39)58)80-49(72)29-83-42-18-15-34(25-37(42)57(59,60)61)32(2)64-65-51(73)36-17-16-35(26-43(36)84(75,76)77)62-45(68)14-9-8-10-21-67-46(69)19-20-47(67)70/h11-13,15-20,23-26,38,40,44,52H,8-10,14,21-22,27-30H2,1-7H3,(H,62,68)(H,63,74)(H,65,73)(H,75,76,77)/b13-11+,31-12+,64-32+/t38?,40-,44+,52+,54?,55+,56?/m1/s1. The van der Waals surface area contributed by atoms with Crippen LogP contribution in [-0.4, -0.2) is 134 Å². The molecule has 5 aliphatic rings. The predicted molar refractivity (Wildman–Crippen MR) is 301 cm³/mol. The normalized spacial score (nSPS) is 26.2. The summed E-state index contributed by atoms with van der Waals surface area (Å²) in [6.07, 6.45) is 1.47. The van der Waals surface area contributed by atoms with E-state index in [1.807, 2.05) is 32.1 Å². The molecule has 3 unspecified atom stereocenters. The molecule has 4 bridgehead atoms. The first-order chi connectivity index (χ1) is 39.5. The van der Waals surface area contributed by atoms with E-state index in [4.69, 9.17) is 35.3 Å². The van der Waals surface area contributed by atoms with E-state index < -0.39 is 132 Å². The number of rotatable bonds is 17. The van der Waals surface area contributed by atoms with Crippen LogP contribution in [0.5, 0.6) is 5.75 Å². The highest BCUT2D eigenvalue weighted by Crippen LogP contribution is 2.71. The molecule has 1 spiro atoms. The maximum Gasteiger partial charge on any atom is 0.417 e. The van der Waals surface area contributed by atoms with Gasteiger partial charge in [0.25, 0.3) is 27.8 Å². The Labute approximate surface area is 491 Å². The van der Waals surface area contributed by atoms with E-state index in [1.54, 1.807) is 19.1 Å². The number of nitrogens with zero attached hydrogens (tertiary/aromatic N) is 3. The number of benzene rings is 3. The number of alkyl halides is 3. The van der Waals surface area contributed by atoms with E-state index in [1.165, 1.54) is 57.4 Å². The van der Waals surface area contributed by atoms with Gasteiger partial charge in [0.15, 0.2) is 0 Å². The van der Waals surface area contributed by atoms with Crippen molar-refractivity contribution >= 4 is 92.2 Å². The summed E-state index contributed by atoms with van der Waals surface area (Å²) >= 11 is 7.31. The minimum atomic E-state index is -5.10. The molecule has 4 aliphatic heterocycles. The number of fused-ring (bicyclic) bond motifs is 5. The van der Waals surface area contributed by atoms with Crippen LogP contribution in [0.3, 0.4) is 0 Å². The third-order valence-electron chi connectivity index (χ3n) is 15.6. The first-order valence-corrected chi connectivity index (χ1v) is 29.3. The van der Waals surface area contributed by atoms with Crippen molar-refractivity contribution in [2.75, 3.05) is 43.8 Å². The Morgan fingerprint density at radius 1 is 1.01 bits per heavy atom. The van der Waals surface area contributed by atoms with Gasteiger partial charge in [-0.05, 0) is 100 Å². The van der Waals surface area contributed by atoms with Crippen LogP contribution in [0.25, 0.3) is 0 Å². The zero-order valence-corrected chi connectivity index (χ0v) is 49.1. The van der Waals surface area contributed by atoms with E-state index in [2.05, 4.69) is 21.2 Å². The number of imide groups is 1. The third-order valence-corrected chi connectivity index (χ3v) is 17.9. The van der Waals surface area contributed by atoms with Gasteiger partial charge < -0.3 is 39.2 Å². The van der Waals surface area contributed by atoms with Gasteiger partial charge in [-0.1, -0.05) is 54.8 Å². The van der Waals surface area contributed by atoms with Gasteiger partial charge in [0.05, 0.1) is 54.0 Å². The molecule has 21 nitrogen and oxygen atoms in total. The minimum Gasteiger partial charge on any atom is -0.495 e. The number of ether oxygens (including phenoxy) is 5. The molecular weight excluding hydrogens is 1170 g/mol. The van der Waals surface area contributed by atoms with Gasteiger partial charge in [-0.2, -0.15) is 26.7 Å². The number of hydrazone groups is 1. The molecule has 7 atom stereocenters. The second-order valence-corrected chi connectivity index (χ2v) is 24.3. The molecule has 3 aromatic rings. The van der Waals surface area contributed by atoms with E-state index in [9.17, 15) is 59.7 Å². The monoisotopic (exact) mass is 1230 g/mol. The molecule has 0 aromatic heterocycles. The zero-order chi connectivity index (χ0) is 61.3. The predicted octanol–water partition coefficient (Wildman–Crippen LogP) is 8.13. The Morgan fingerprint density at radius 3 is 2.42 bits per heavy atom. The molecule has 4 N–H and O–H groups in total. The Balaban J connectivity index is 0.962. The van der Waals surface area contributed by atoms with Gasteiger partial charge in [0.2, 0.25) is 11.8 Å². The molecule has 1 saturated carbocycles. The molecular formula is C57H62ClF3N6O15S2. The fraction of sp³-hybridized carbons (Fsp3) is 0.439.